The van der Waals surface area contributed by atoms with Crippen molar-refractivity contribution < 1.29 is 14.3 Å². The lowest BCUT2D eigenvalue weighted by molar-refractivity contribution is -0.127. The van der Waals surface area contributed by atoms with E-state index in [9.17, 15) is 4.79 Å². The Labute approximate surface area is 167 Å². The van der Waals surface area contributed by atoms with E-state index in [1.807, 2.05) is 41.3 Å². The molecule has 0 N–H and O–H groups in total. The Balaban J connectivity index is 1.54. The average molecular weight is 380 g/mol. The quantitative estimate of drug-likeness (QED) is 0.721. The van der Waals surface area contributed by atoms with Crippen LogP contribution in [0.4, 0.5) is 0 Å². The smallest absolute Gasteiger partial charge is 0.246 e. The summed E-state index contributed by atoms with van der Waals surface area (Å²) in [6.07, 6.45) is 3.56. The number of carbonyl (C=O) groups excluding carboxylic acids is 1. The molecule has 1 aliphatic rings. The summed E-state index contributed by atoms with van der Waals surface area (Å²) in [5.74, 6) is 1.75. The summed E-state index contributed by atoms with van der Waals surface area (Å²) in [6.45, 7) is 5.96. The number of hydrogen-bond donors (Lipinski definition) is 0. The molecule has 1 amide bonds. The molecule has 0 aliphatic carbocycles. The van der Waals surface area contributed by atoms with Gasteiger partial charge in [-0.1, -0.05) is 29.8 Å². The summed E-state index contributed by atoms with van der Waals surface area (Å²) in [5, 5.41) is 0. The van der Waals surface area contributed by atoms with Crippen LogP contribution in [0.5, 0.6) is 11.5 Å². The maximum atomic E-state index is 12.5. The summed E-state index contributed by atoms with van der Waals surface area (Å²) in [4.78, 5) is 16.7. The number of piperazine rings is 1. The van der Waals surface area contributed by atoms with E-state index in [-0.39, 0.29) is 5.91 Å². The monoisotopic (exact) mass is 380 g/mol. The Morgan fingerprint density at radius 1 is 1.00 bits per heavy atom. The molecule has 1 heterocycles. The number of rotatable bonds is 6. The number of ether oxygens (including phenoxy) is 2. The van der Waals surface area contributed by atoms with Crippen molar-refractivity contribution in [2.75, 3.05) is 40.4 Å². The summed E-state index contributed by atoms with van der Waals surface area (Å²) in [7, 11) is 3.35. The summed E-state index contributed by atoms with van der Waals surface area (Å²) in [5.41, 5.74) is 3.36. The summed E-state index contributed by atoms with van der Waals surface area (Å²) < 4.78 is 10.8. The van der Waals surface area contributed by atoms with Crippen LogP contribution in [0.1, 0.15) is 16.7 Å². The zero-order valence-electron chi connectivity index (χ0n) is 16.9. The van der Waals surface area contributed by atoms with Crippen LogP contribution in [-0.4, -0.2) is 56.1 Å². The van der Waals surface area contributed by atoms with Crippen molar-refractivity contribution in [3.8, 4) is 11.5 Å². The number of benzene rings is 2. The van der Waals surface area contributed by atoms with Gasteiger partial charge >= 0.3 is 0 Å². The molecule has 1 aliphatic heterocycles. The fourth-order valence-corrected chi connectivity index (χ4v) is 3.32. The van der Waals surface area contributed by atoms with Crippen LogP contribution in [0.25, 0.3) is 6.08 Å². The van der Waals surface area contributed by atoms with E-state index in [2.05, 4.69) is 24.0 Å². The molecule has 5 heteroatoms. The van der Waals surface area contributed by atoms with Crippen LogP contribution < -0.4 is 9.47 Å². The third-order valence-corrected chi connectivity index (χ3v) is 5.06. The molecule has 1 fully saturated rings. The van der Waals surface area contributed by atoms with Gasteiger partial charge in [-0.15, -0.1) is 0 Å². The maximum Gasteiger partial charge on any atom is 0.246 e. The highest BCUT2D eigenvalue weighted by Gasteiger charge is 2.20. The number of methoxy groups -OCH3 is 2. The molecule has 0 saturated carbocycles. The van der Waals surface area contributed by atoms with Gasteiger partial charge in [0.1, 0.15) is 11.5 Å². The fourth-order valence-electron chi connectivity index (χ4n) is 3.32. The minimum atomic E-state index is 0.0687. The molecule has 0 spiro atoms. The Morgan fingerprint density at radius 2 is 1.71 bits per heavy atom. The normalized spacial score (nSPS) is 15.0. The molecule has 0 atom stereocenters. The highest BCUT2D eigenvalue weighted by molar-refractivity contribution is 5.91. The third-order valence-electron chi connectivity index (χ3n) is 5.06. The number of amides is 1. The van der Waals surface area contributed by atoms with Gasteiger partial charge in [-0.3, -0.25) is 9.69 Å². The first-order chi connectivity index (χ1) is 13.6. The van der Waals surface area contributed by atoms with E-state index in [0.717, 1.165) is 55.3 Å². The lowest BCUT2D eigenvalue weighted by Gasteiger charge is -2.34. The van der Waals surface area contributed by atoms with E-state index in [1.54, 1.807) is 20.3 Å². The van der Waals surface area contributed by atoms with Crippen molar-refractivity contribution in [1.29, 1.82) is 0 Å². The zero-order valence-corrected chi connectivity index (χ0v) is 16.9. The highest BCUT2D eigenvalue weighted by atomic mass is 16.5. The van der Waals surface area contributed by atoms with Crippen molar-refractivity contribution in [2.24, 2.45) is 0 Å². The van der Waals surface area contributed by atoms with Gasteiger partial charge in [0.05, 0.1) is 14.2 Å². The number of carbonyl (C=O) groups is 1. The summed E-state index contributed by atoms with van der Waals surface area (Å²) >= 11 is 0. The second-order valence-corrected chi connectivity index (χ2v) is 7.02. The average Bonchev–Trinajstić information content (AvgIpc) is 2.73. The zero-order chi connectivity index (χ0) is 19.9. The van der Waals surface area contributed by atoms with Crippen molar-refractivity contribution in [1.82, 2.24) is 9.80 Å². The van der Waals surface area contributed by atoms with Crippen molar-refractivity contribution in [3.63, 3.8) is 0 Å². The van der Waals surface area contributed by atoms with Gasteiger partial charge in [0, 0.05) is 44.4 Å². The summed E-state index contributed by atoms with van der Waals surface area (Å²) in [6, 6.07) is 14.0. The van der Waals surface area contributed by atoms with Gasteiger partial charge in [-0.2, -0.15) is 0 Å². The lowest BCUT2D eigenvalue weighted by Crippen LogP contribution is -2.47. The Kier molecular flexibility index (Phi) is 6.71. The molecule has 148 valence electrons. The Hall–Kier alpha value is -2.79. The fraction of sp³-hybridized carbons (Fsp3) is 0.348. The van der Waals surface area contributed by atoms with Gasteiger partial charge < -0.3 is 14.4 Å². The molecule has 0 unspecified atom stereocenters. The van der Waals surface area contributed by atoms with E-state index in [1.165, 1.54) is 5.56 Å². The Bertz CT molecular complexity index is 822. The molecular weight excluding hydrogens is 352 g/mol. The van der Waals surface area contributed by atoms with E-state index >= 15 is 0 Å². The van der Waals surface area contributed by atoms with Gasteiger partial charge in [0.15, 0.2) is 0 Å². The minimum Gasteiger partial charge on any atom is -0.497 e. The largest absolute Gasteiger partial charge is 0.497 e. The molecule has 0 aromatic heterocycles. The second-order valence-electron chi connectivity index (χ2n) is 7.02. The van der Waals surface area contributed by atoms with Gasteiger partial charge in [-0.05, 0) is 36.8 Å². The van der Waals surface area contributed by atoms with E-state index < -0.39 is 0 Å². The maximum absolute atomic E-state index is 12.5. The number of hydrogen-bond acceptors (Lipinski definition) is 4. The topological polar surface area (TPSA) is 42.0 Å². The molecule has 2 aromatic rings. The molecule has 5 nitrogen and oxygen atoms in total. The van der Waals surface area contributed by atoms with Crippen LogP contribution in [-0.2, 0) is 11.3 Å². The SMILES string of the molecule is COc1ccc(OC)c(CN2CCN(C(=O)/C=C/c3ccc(C)cc3)CC2)c1. The molecule has 2 aromatic carbocycles. The van der Waals surface area contributed by atoms with Crippen LogP contribution in [0.15, 0.2) is 48.5 Å². The van der Waals surface area contributed by atoms with Crippen molar-refractivity contribution in [2.45, 2.75) is 13.5 Å². The predicted molar refractivity (Wildman–Crippen MR) is 112 cm³/mol. The Morgan fingerprint density at radius 3 is 2.36 bits per heavy atom. The minimum absolute atomic E-state index is 0.0687. The predicted octanol–water partition coefficient (Wildman–Crippen LogP) is 3.37. The standard InChI is InChI=1S/C23H28N2O3/c1-18-4-6-19(7-5-18)8-11-23(26)25-14-12-24(13-15-25)17-20-16-21(27-2)9-10-22(20)28-3/h4-11,16H,12-15,17H2,1-3H3/b11-8+. The number of aryl methyl sites for hydroxylation is 1. The molecular formula is C23H28N2O3. The first-order valence-corrected chi connectivity index (χ1v) is 9.56. The first-order valence-electron chi connectivity index (χ1n) is 9.56. The molecule has 0 radical (unpaired) electrons. The van der Waals surface area contributed by atoms with Crippen LogP contribution in [0.2, 0.25) is 0 Å². The molecule has 0 bridgehead atoms. The van der Waals surface area contributed by atoms with Gasteiger partial charge in [0.25, 0.3) is 0 Å². The number of nitrogens with zero attached hydrogens (tertiary/aromatic N) is 2. The first kappa shape index (κ1) is 20.0. The molecule has 28 heavy (non-hydrogen) atoms. The molecule has 3 rings (SSSR count). The van der Waals surface area contributed by atoms with Crippen LogP contribution >= 0.6 is 0 Å². The van der Waals surface area contributed by atoms with E-state index in [4.69, 9.17) is 9.47 Å². The van der Waals surface area contributed by atoms with Gasteiger partial charge in [-0.25, -0.2) is 0 Å². The van der Waals surface area contributed by atoms with Crippen LogP contribution in [0, 0.1) is 6.92 Å². The van der Waals surface area contributed by atoms with E-state index in [0.29, 0.717) is 0 Å². The van der Waals surface area contributed by atoms with Gasteiger partial charge in [0.2, 0.25) is 5.91 Å². The molecule has 1 saturated heterocycles. The second kappa shape index (κ2) is 9.42. The highest BCUT2D eigenvalue weighted by Crippen LogP contribution is 2.25. The van der Waals surface area contributed by atoms with Crippen molar-refractivity contribution in [3.05, 3.63) is 65.2 Å². The van der Waals surface area contributed by atoms with Crippen molar-refractivity contribution >= 4 is 12.0 Å². The third kappa shape index (κ3) is 5.14. The lowest BCUT2D eigenvalue weighted by atomic mass is 10.1. The van der Waals surface area contributed by atoms with Crippen LogP contribution in [0.3, 0.4) is 0 Å².